The van der Waals surface area contributed by atoms with Gasteiger partial charge in [0.15, 0.2) is 0 Å². The average molecular weight is 359 g/mol. The number of hydrogen-bond acceptors (Lipinski definition) is 6. The first kappa shape index (κ1) is 17.7. The molecule has 3 rings (SSSR count). The number of carbonyl (C=O) groups is 1. The topological polar surface area (TPSA) is 73.3 Å². The highest BCUT2D eigenvalue weighted by molar-refractivity contribution is 7.99. The maximum Gasteiger partial charge on any atom is 0.230 e. The third kappa shape index (κ3) is 5.17. The molecule has 1 aliphatic heterocycles. The lowest BCUT2D eigenvalue weighted by Crippen LogP contribution is -2.32. The molecule has 1 saturated heterocycles. The summed E-state index contributed by atoms with van der Waals surface area (Å²) < 4.78 is 10.7. The van der Waals surface area contributed by atoms with Crippen LogP contribution in [0.3, 0.4) is 0 Å². The molecule has 1 aromatic heterocycles. The highest BCUT2D eigenvalue weighted by atomic mass is 32.2. The van der Waals surface area contributed by atoms with Crippen molar-refractivity contribution in [1.29, 1.82) is 0 Å². The minimum Gasteiger partial charge on any atom is -0.497 e. The molecule has 7 heteroatoms. The van der Waals surface area contributed by atoms with Gasteiger partial charge < -0.3 is 14.8 Å². The van der Waals surface area contributed by atoms with Gasteiger partial charge in [0.1, 0.15) is 10.8 Å². The summed E-state index contributed by atoms with van der Waals surface area (Å²) in [5, 5.41) is 12.0. The first-order chi connectivity index (χ1) is 12.2. The van der Waals surface area contributed by atoms with Crippen LogP contribution in [0.25, 0.3) is 11.3 Å². The molecule has 1 fully saturated rings. The Labute approximate surface area is 151 Å². The Morgan fingerprint density at radius 3 is 3.00 bits per heavy atom. The monoisotopic (exact) mass is 359 g/mol. The molecule has 2 aromatic rings. The second-order valence-corrected chi connectivity index (χ2v) is 6.71. The highest BCUT2D eigenvalue weighted by Crippen LogP contribution is 2.23. The van der Waals surface area contributed by atoms with E-state index in [9.17, 15) is 4.79 Å². The van der Waals surface area contributed by atoms with E-state index in [1.807, 2.05) is 36.4 Å². The molecule has 1 N–H and O–H groups in total. The van der Waals surface area contributed by atoms with Gasteiger partial charge in [-0.3, -0.25) is 4.79 Å². The molecule has 6 nitrogen and oxygen atoms in total. The second-order valence-electron chi connectivity index (χ2n) is 5.72. The zero-order valence-corrected chi connectivity index (χ0v) is 14.9. The third-order valence-corrected chi connectivity index (χ3v) is 4.83. The van der Waals surface area contributed by atoms with E-state index in [1.165, 1.54) is 11.8 Å². The van der Waals surface area contributed by atoms with Crippen LogP contribution in [0.15, 0.2) is 41.4 Å². The largest absolute Gasteiger partial charge is 0.497 e. The Balaban J connectivity index is 1.49. The Hall–Kier alpha value is -2.12. The maximum atomic E-state index is 11.9. The summed E-state index contributed by atoms with van der Waals surface area (Å²) in [6, 6.07) is 11.4. The fraction of sp³-hybridized carbons (Fsp3) is 0.389. The molecule has 1 amide bonds. The average Bonchev–Trinajstić information content (AvgIpc) is 3.19. The molecule has 1 atom stereocenters. The van der Waals surface area contributed by atoms with Crippen molar-refractivity contribution in [3.05, 3.63) is 36.4 Å². The summed E-state index contributed by atoms with van der Waals surface area (Å²) in [4.78, 5) is 11.9. The van der Waals surface area contributed by atoms with Gasteiger partial charge in [0.05, 0.1) is 24.7 Å². The summed E-state index contributed by atoms with van der Waals surface area (Å²) in [5.41, 5.74) is 1.71. The molecular weight excluding hydrogens is 338 g/mol. The van der Waals surface area contributed by atoms with Crippen LogP contribution in [0.1, 0.15) is 12.8 Å². The van der Waals surface area contributed by atoms with Gasteiger partial charge in [0.2, 0.25) is 5.91 Å². The predicted octanol–water partition coefficient (Wildman–Crippen LogP) is 2.54. The van der Waals surface area contributed by atoms with E-state index in [0.29, 0.717) is 12.3 Å². The molecular formula is C18H21N3O3S. The standard InChI is InChI=1S/C18H21N3O3S/c1-23-14-5-2-4-13(10-14)16-7-8-18(21-20-16)25-12-17(22)19-11-15-6-3-9-24-15/h2,4-5,7-8,10,15H,3,6,9,11-12H2,1H3,(H,19,22). The zero-order valence-electron chi connectivity index (χ0n) is 14.1. The number of hydrogen-bond donors (Lipinski definition) is 1. The summed E-state index contributed by atoms with van der Waals surface area (Å²) in [7, 11) is 1.63. The van der Waals surface area contributed by atoms with Crippen molar-refractivity contribution in [2.45, 2.75) is 24.0 Å². The van der Waals surface area contributed by atoms with E-state index in [4.69, 9.17) is 9.47 Å². The van der Waals surface area contributed by atoms with Crippen LogP contribution in [-0.4, -0.2) is 48.2 Å². The number of ether oxygens (including phenoxy) is 2. The van der Waals surface area contributed by atoms with Crippen molar-refractivity contribution < 1.29 is 14.3 Å². The van der Waals surface area contributed by atoms with Gasteiger partial charge in [-0.2, -0.15) is 0 Å². The lowest BCUT2D eigenvalue weighted by Gasteiger charge is -2.10. The first-order valence-corrected chi connectivity index (χ1v) is 9.22. The van der Waals surface area contributed by atoms with Crippen molar-refractivity contribution in [2.24, 2.45) is 0 Å². The number of nitrogens with zero attached hydrogens (tertiary/aromatic N) is 2. The van der Waals surface area contributed by atoms with Gasteiger partial charge in [-0.05, 0) is 37.1 Å². The molecule has 0 bridgehead atoms. The molecule has 25 heavy (non-hydrogen) atoms. The lowest BCUT2D eigenvalue weighted by atomic mass is 10.1. The van der Waals surface area contributed by atoms with Crippen LogP contribution in [0.4, 0.5) is 0 Å². The van der Waals surface area contributed by atoms with Crippen molar-refractivity contribution in [2.75, 3.05) is 26.0 Å². The summed E-state index contributed by atoms with van der Waals surface area (Å²) in [6.45, 7) is 1.38. The first-order valence-electron chi connectivity index (χ1n) is 8.24. The Bertz CT molecular complexity index is 703. The number of amides is 1. The molecule has 1 unspecified atom stereocenters. The van der Waals surface area contributed by atoms with Crippen molar-refractivity contribution >= 4 is 17.7 Å². The molecule has 0 spiro atoms. The van der Waals surface area contributed by atoms with Crippen molar-refractivity contribution in [3.8, 4) is 17.0 Å². The van der Waals surface area contributed by atoms with Crippen LogP contribution in [-0.2, 0) is 9.53 Å². The number of rotatable bonds is 7. The number of thioether (sulfide) groups is 1. The normalized spacial score (nSPS) is 16.6. The third-order valence-electron chi connectivity index (χ3n) is 3.91. The quantitative estimate of drug-likeness (QED) is 0.766. The van der Waals surface area contributed by atoms with Gasteiger partial charge in [-0.25, -0.2) is 0 Å². The highest BCUT2D eigenvalue weighted by Gasteiger charge is 2.16. The Kier molecular flexibility index (Phi) is 6.25. The number of carbonyl (C=O) groups excluding carboxylic acids is 1. The number of methoxy groups -OCH3 is 1. The van der Waals surface area contributed by atoms with Crippen molar-refractivity contribution in [3.63, 3.8) is 0 Å². The van der Waals surface area contributed by atoms with Gasteiger partial charge >= 0.3 is 0 Å². The van der Waals surface area contributed by atoms with E-state index >= 15 is 0 Å². The zero-order chi connectivity index (χ0) is 17.5. The van der Waals surface area contributed by atoms with E-state index < -0.39 is 0 Å². The molecule has 2 heterocycles. The second kappa shape index (κ2) is 8.82. The van der Waals surface area contributed by atoms with E-state index in [0.717, 1.165) is 41.5 Å². The van der Waals surface area contributed by atoms with E-state index in [-0.39, 0.29) is 12.0 Å². The van der Waals surface area contributed by atoms with E-state index in [1.54, 1.807) is 7.11 Å². The smallest absolute Gasteiger partial charge is 0.230 e. The number of benzene rings is 1. The fourth-order valence-corrected chi connectivity index (χ4v) is 3.20. The van der Waals surface area contributed by atoms with Crippen LogP contribution < -0.4 is 10.1 Å². The van der Waals surface area contributed by atoms with Gasteiger partial charge in [0, 0.05) is 18.7 Å². The summed E-state index contributed by atoms with van der Waals surface area (Å²) in [5.74, 6) is 1.08. The van der Waals surface area contributed by atoms with Crippen molar-refractivity contribution in [1.82, 2.24) is 15.5 Å². The fourth-order valence-electron chi connectivity index (χ4n) is 2.56. The summed E-state index contributed by atoms with van der Waals surface area (Å²) in [6.07, 6.45) is 2.26. The SMILES string of the molecule is COc1cccc(-c2ccc(SCC(=O)NCC3CCCO3)nn2)c1. The predicted molar refractivity (Wildman–Crippen MR) is 96.7 cm³/mol. The van der Waals surface area contributed by atoms with Crippen LogP contribution in [0.2, 0.25) is 0 Å². The molecule has 1 aromatic carbocycles. The molecule has 0 aliphatic carbocycles. The minimum atomic E-state index is -0.0147. The van der Waals surface area contributed by atoms with Crippen LogP contribution in [0, 0.1) is 0 Å². The Morgan fingerprint density at radius 1 is 1.36 bits per heavy atom. The number of nitrogens with one attached hydrogen (secondary N) is 1. The molecule has 0 saturated carbocycles. The lowest BCUT2D eigenvalue weighted by molar-refractivity contribution is -0.119. The van der Waals surface area contributed by atoms with Gasteiger partial charge in [-0.15, -0.1) is 10.2 Å². The minimum absolute atomic E-state index is 0.0147. The number of aromatic nitrogens is 2. The van der Waals surface area contributed by atoms with Crippen LogP contribution in [0.5, 0.6) is 5.75 Å². The van der Waals surface area contributed by atoms with E-state index in [2.05, 4.69) is 15.5 Å². The molecule has 132 valence electrons. The molecule has 0 radical (unpaired) electrons. The maximum absolute atomic E-state index is 11.9. The van der Waals surface area contributed by atoms with Gasteiger partial charge in [0.25, 0.3) is 0 Å². The van der Waals surface area contributed by atoms with Gasteiger partial charge in [-0.1, -0.05) is 23.9 Å². The summed E-state index contributed by atoms with van der Waals surface area (Å²) >= 11 is 1.37. The Morgan fingerprint density at radius 2 is 2.28 bits per heavy atom. The van der Waals surface area contributed by atoms with Crippen LogP contribution >= 0.6 is 11.8 Å². The molecule has 1 aliphatic rings.